The third kappa shape index (κ3) is 6.17. The first-order chi connectivity index (χ1) is 7.38. The molecule has 0 bridgehead atoms. The first-order valence-corrected chi connectivity index (χ1v) is 5.53. The number of amides is 1. The normalized spacial score (nSPS) is 10.5. The highest BCUT2D eigenvalue weighted by molar-refractivity contribution is 5.93. The molecule has 4 heteroatoms. The summed E-state index contributed by atoms with van der Waals surface area (Å²) >= 11 is 0. The number of rotatable bonds is 3. The number of hydrogen-bond acceptors (Lipinski definition) is 2. The molecule has 0 aliphatic carbocycles. The highest BCUT2D eigenvalue weighted by Gasteiger charge is 2.13. The van der Waals surface area contributed by atoms with E-state index in [1.807, 2.05) is 18.2 Å². The second kappa shape index (κ2) is 6.50. The van der Waals surface area contributed by atoms with Gasteiger partial charge in [-0.15, -0.1) is 12.4 Å². The minimum absolute atomic E-state index is 0. The fourth-order valence-corrected chi connectivity index (χ4v) is 1.31. The van der Waals surface area contributed by atoms with Gasteiger partial charge < -0.3 is 11.1 Å². The van der Waals surface area contributed by atoms with E-state index in [0.29, 0.717) is 17.8 Å². The number of nitrogens with two attached hydrogens (primary N) is 1. The van der Waals surface area contributed by atoms with E-state index in [1.54, 1.807) is 6.07 Å². The molecule has 1 aromatic rings. The van der Waals surface area contributed by atoms with E-state index in [0.717, 1.165) is 6.42 Å². The average molecular weight is 257 g/mol. The Bertz CT molecular complexity index is 372. The van der Waals surface area contributed by atoms with Crippen LogP contribution < -0.4 is 11.1 Å². The van der Waals surface area contributed by atoms with E-state index in [1.165, 1.54) is 0 Å². The first kappa shape index (κ1) is 15.8. The molecule has 0 fully saturated rings. The third-order valence-corrected chi connectivity index (χ3v) is 2.34. The minimum Gasteiger partial charge on any atom is -0.397 e. The molecule has 3 nitrogen and oxygen atoms in total. The van der Waals surface area contributed by atoms with Gasteiger partial charge in [-0.3, -0.25) is 4.79 Å². The Morgan fingerprint density at radius 1 is 1.29 bits per heavy atom. The van der Waals surface area contributed by atoms with E-state index in [9.17, 15) is 4.79 Å². The van der Waals surface area contributed by atoms with Crippen LogP contribution in [0.2, 0.25) is 0 Å². The molecular weight excluding hydrogens is 236 g/mol. The van der Waals surface area contributed by atoms with Crippen molar-refractivity contribution in [2.45, 2.75) is 33.6 Å². The van der Waals surface area contributed by atoms with Crippen LogP contribution in [0.5, 0.6) is 0 Å². The molecule has 0 heterocycles. The highest BCUT2D eigenvalue weighted by Crippen LogP contribution is 2.22. The molecule has 1 aromatic carbocycles. The Balaban J connectivity index is 0.00000256. The maximum atomic E-state index is 11.6. The van der Waals surface area contributed by atoms with Crippen LogP contribution in [0.1, 0.15) is 33.6 Å². The fraction of sp³-hybridized carbons (Fsp3) is 0.462. The molecule has 0 unspecified atom stereocenters. The van der Waals surface area contributed by atoms with Crippen LogP contribution >= 0.6 is 12.4 Å². The minimum atomic E-state index is 0. The summed E-state index contributed by atoms with van der Waals surface area (Å²) in [6.07, 6.45) is 1.39. The van der Waals surface area contributed by atoms with Crippen LogP contribution in [-0.2, 0) is 4.79 Å². The largest absolute Gasteiger partial charge is 0.397 e. The number of nitrogens with one attached hydrogen (secondary N) is 1. The lowest BCUT2D eigenvalue weighted by molar-refractivity contribution is -0.116. The molecule has 96 valence electrons. The molecule has 1 rings (SSSR count). The van der Waals surface area contributed by atoms with Gasteiger partial charge in [0.25, 0.3) is 0 Å². The molecule has 0 aliphatic heterocycles. The summed E-state index contributed by atoms with van der Waals surface area (Å²) in [4.78, 5) is 11.6. The lowest BCUT2D eigenvalue weighted by atomic mass is 9.90. The molecule has 0 aliphatic rings. The van der Waals surface area contributed by atoms with Crippen LogP contribution in [0.4, 0.5) is 11.4 Å². The number of carbonyl (C=O) groups excluding carboxylic acids is 1. The van der Waals surface area contributed by atoms with Crippen LogP contribution in [-0.4, -0.2) is 5.91 Å². The predicted molar refractivity (Wildman–Crippen MR) is 75.4 cm³/mol. The van der Waals surface area contributed by atoms with E-state index in [4.69, 9.17) is 5.73 Å². The Morgan fingerprint density at radius 3 is 2.41 bits per heavy atom. The summed E-state index contributed by atoms with van der Waals surface area (Å²) in [6, 6.07) is 7.29. The fourth-order valence-electron chi connectivity index (χ4n) is 1.31. The summed E-state index contributed by atoms with van der Waals surface area (Å²) in [5.74, 6) is 0.0211. The molecular formula is C13H21ClN2O. The number of halogens is 1. The molecule has 1 amide bonds. The molecule has 0 saturated heterocycles. The monoisotopic (exact) mass is 256 g/mol. The molecule has 3 N–H and O–H groups in total. The Kier molecular flexibility index (Phi) is 6.03. The lowest BCUT2D eigenvalue weighted by Crippen LogP contribution is -2.16. The van der Waals surface area contributed by atoms with Crippen molar-refractivity contribution in [2.24, 2.45) is 5.41 Å². The van der Waals surface area contributed by atoms with E-state index >= 15 is 0 Å². The van der Waals surface area contributed by atoms with Gasteiger partial charge in [0.15, 0.2) is 0 Å². The van der Waals surface area contributed by atoms with Crippen molar-refractivity contribution < 1.29 is 4.79 Å². The second-order valence-corrected chi connectivity index (χ2v) is 5.20. The van der Waals surface area contributed by atoms with Gasteiger partial charge in [-0.2, -0.15) is 0 Å². The summed E-state index contributed by atoms with van der Waals surface area (Å²) in [5.41, 5.74) is 7.22. The average Bonchev–Trinajstić information content (AvgIpc) is 2.18. The summed E-state index contributed by atoms with van der Waals surface area (Å²) in [6.45, 7) is 6.37. The molecule has 0 spiro atoms. The molecule has 0 aromatic heterocycles. The SMILES string of the molecule is CC(C)(C)CCC(=O)Nc1ccccc1N.Cl. The number of nitrogen functional groups attached to an aromatic ring is 1. The number of carbonyl (C=O) groups is 1. The van der Waals surface area contributed by atoms with Crippen molar-refractivity contribution in [3.8, 4) is 0 Å². The summed E-state index contributed by atoms with van der Waals surface area (Å²) in [5, 5.41) is 2.82. The summed E-state index contributed by atoms with van der Waals surface area (Å²) < 4.78 is 0. The van der Waals surface area contributed by atoms with E-state index in [2.05, 4.69) is 26.1 Å². The topological polar surface area (TPSA) is 55.1 Å². The van der Waals surface area contributed by atoms with Crippen molar-refractivity contribution in [1.82, 2.24) is 0 Å². The Labute approximate surface area is 109 Å². The van der Waals surface area contributed by atoms with Gasteiger partial charge in [-0.05, 0) is 24.0 Å². The van der Waals surface area contributed by atoms with Gasteiger partial charge in [0.05, 0.1) is 11.4 Å². The zero-order chi connectivity index (χ0) is 12.2. The Hall–Kier alpha value is -1.22. The van der Waals surface area contributed by atoms with E-state index < -0.39 is 0 Å². The first-order valence-electron chi connectivity index (χ1n) is 5.53. The van der Waals surface area contributed by atoms with Gasteiger partial charge in [0, 0.05) is 6.42 Å². The van der Waals surface area contributed by atoms with Crippen LogP contribution in [0, 0.1) is 5.41 Å². The van der Waals surface area contributed by atoms with Gasteiger partial charge in [0.2, 0.25) is 5.91 Å². The van der Waals surface area contributed by atoms with Crippen molar-refractivity contribution in [3.63, 3.8) is 0 Å². The van der Waals surface area contributed by atoms with Crippen molar-refractivity contribution in [3.05, 3.63) is 24.3 Å². The van der Waals surface area contributed by atoms with Gasteiger partial charge in [-0.1, -0.05) is 32.9 Å². The standard InChI is InChI=1S/C13H20N2O.ClH/c1-13(2,3)9-8-12(16)15-11-7-5-4-6-10(11)14;/h4-7H,8-9,14H2,1-3H3,(H,15,16);1H. The molecule has 0 atom stereocenters. The number of benzene rings is 1. The van der Waals surface area contributed by atoms with Gasteiger partial charge in [0.1, 0.15) is 0 Å². The quantitative estimate of drug-likeness (QED) is 0.814. The lowest BCUT2D eigenvalue weighted by Gasteiger charge is -2.17. The Morgan fingerprint density at radius 2 is 1.88 bits per heavy atom. The van der Waals surface area contributed by atoms with E-state index in [-0.39, 0.29) is 23.7 Å². The van der Waals surface area contributed by atoms with Crippen molar-refractivity contribution in [1.29, 1.82) is 0 Å². The maximum absolute atomic E-state index is 11.6. The third-order valence-electron chi connectivity index (χ3n) is 2.34. The molecule has 0 saturated carbocycles. The van der Waals surface area contributed by atoms with Crippen molar-refractivity contribution in [2.75, 3.05) is 11.1 Å². The maximum Gasteiger partial charge on any atom is 0.224 e. The summed E-state index contributed by atoms with van der Waals surface area (Å²) in [7, 11) is 0. The zero-order valence-electron chi connectivity index (χ0n) is 10.6. The smallest absolute Gasteiger partial charge is 0.224 e. The highest BCUT2D eigenvalue weighted by atomic mass is 35.5. The number of anilines is 2. The number of hydrogen-bond donors (Lipinski definition) is 2. The van der Waals surface area contributed by atoms with Gasteiger partial charge >= 0.3 is 0 Å². The van der Waals surface area contributed by atoms with Crippen LogP contribution in [0.3, 0.4) is 0 Å². The van der Waals surface area contributed by atoms with Gasteiger partial charge in [-0.25, -0.2) is 0 Å². The second-order valence-electron chi connectivity index (χ2n) is 5.20. The molecule has 0 radical (unpaired) electrons. The van der Waals surface area contributed by atoms with Crippen LogP contribution in [0.15, 0.2) is 24.3 Å². The number of para-hydroxylation sites is 2. The van der Waals surface area contributed by atoms with Crippen molar-refractivity contribution >= 4 is 29.7 Å². The zero-order valence-corrected chi connectivity index (χ0v) is 11.4. The van der Waals surface area contributed by atoms with Crippen LogP contribution in [0.25, 0.3) is 0 Å². The predicted octanol–water partition coefficient (Wildman–Crippen LogP) is 3.46. The molecule has 17 heavy (non-hydrogen) atoms.